The molecule has 0 radical (unpaired) electrons. The summed E-state index contributed by atoms with van der Waals surface area (Å²) in [4.78, 5) is 27.8. The number of hydrogen-bond donors (Lipinski definition) is 3. The molecule has 1 unspecified atom stereocenters. The number of ether oxygens (including phenoxy) is 1. The average Bonchev–Trinajstić information content (AvgIpc) is 2.60. The molecular formula is C16H17N3O4. The second-order valence-corrected chi connectivity index (χ2v) is 4.58. The Balaban J connectivity index is 2.08. The summed E-state index contributed by atoms with van der Waals surface area (Å²) in [5, 5.41) is 5.60. The van der Waals surface area contributed by atoms with Gasteiger partial charge in [0, 0.05) is 18.8 Å². The highest BCUT2D eigenvalue weighted by atomic mass is 16.7. The molecule has 0 fully saturated rings. The molecule has 2 rings (SSSR count). The lowest BCUT2D eigenvalue weighted by molar-refractivity contribution is -0.111. The maximum atomic E-state index is 12.0. The van der Waals surface area contributed by atoms with Gasteiger partial charge in [0.05, 0.1) is 11.3 Å². The third-order valence-electron chi connectivity index (χ3n) is 3.11. The summed E-state index contributed by atoms with van der Waals surface area (Å²) in [5.74, 6) is 3.76. The van der Waals surface area contributed by atoms with Crippen LogP contribution in [0.3, 0.4) is 0 Å². The Labute approximate surface area is 133 Å². The summed E-state index contributed by atoms with van der Waals surface area (Å²) in [6.45, 7) is 0. The molecule has 1 heterocycles. The maximum Gasteiger partial charge on any atom is 0.358 e. The van der Waals surface area contributed by atoms with E-state index in [0.29, 0.717) is 5.69 Å². The third-order valence-corrected chi connectivity index (χ3v) is 3.11. The highest BCUT2D eigenvalue weighted by Gasteiger charge is 2.14. The molecule has 4 N–H and O–H groups in total. The molecule has 120 valence electrons. The van der Waals surface area contributed by atoms with Crippen molar-refractivity contribution in [1.29, 1.82) is 0 Å². The third kappa shape index (κ3) is 4.29. The number of benzene rings is 1. The minimum Gasteiger partial charge on any atom is -0.370 e. The van der Waals surface area contributed by atoms with Crippen molar-refractivity contribution in [2.24, 2.45) is 5.90 Å². The molecule has 1 atom stereocenters. The lowest BCUT2D eigenvalue weighted by Crippen LogP contribution is -2.29. The molecule has 0 saturated carbocycles. The highest BCUT2D eigenvalue weighted by molar-refractivity contribution is 6.05. The minimum atomic E-state index is -0.728. The number of carbonyl (C=O) groups is 2. The number of methoxy groups -OCH3 is 1. The summed E-state index contributed by atoms with van der Waals surface area (Å²) >= 11 is 0. The van der Waals surface area contributed by atoms with Crippen LogP contribution in [0.5, 0.6) is 0 Å². The number of rotatable bonds is 5. The molecule has 1 amide bonds. The Morgan fingerprint density at radius 3 is 2.87 bits per heavy atom. The Hall–Kier alpha value is -2.90. The minimum absolute atomic E-state index is 0.174. The van der Waals surface area contributed by atoms with Crippen molar-refractivity contribution in [3.63, 3.8) is 0 Å². The molecule has 0 bridgehead atoms. The molecule has 0 aliphatic carbocycles. The van der Waals surface area contributed by atoms with E-state index in [1.807, 2.05) is 6.08 Å². The fraction of sp³-hybridized carbons (Fsp3) is 0.125. The van der Waals surface area contributed by atoms with Crippen LogP contribution in [0, 0.1) is 0 Å². The van der Waals surface area contributed by atoms with Gasteiger partial charge in [-0.3, -0.25) is 4.79 Å². The topological polar surface area (TPSA) is 103 Å². The summed E-state index contributed by atoms with van der Waals surface area (Å²) < 4.78 is 5.23. The number of hydrogen-bond acceptors (Lipinski definition) is 6. The van der Waals surface area contributed by atoms with Gasteiger partial charge >= 0.3 is 5.97 Å². The Bertz CT molecular complexity index is 680. The first-order valence-corrected chi connectivity index (χ1v) is 6.80. The van der Waals surface area contributed by atoms with Crippen molar-refractivity contribution in [2.45, 2.75) is 6.23 Å². The van der Waals surface area contributed by atoms with Gasteiger partial charge in [-0.25, -0.2) is 4.79 Å². The predicted octanol–water partition coefficient (Wildman–Crippen LogP) is 1.23. The fourth-order valence-corrected chi connectivity index (χ4v) is 2.01. The van der Waals surface area contributed by atoms with Gasteiger partial charge in [-0.15, -0.1) is 0 Å². The first-order valence-electron chi connectivity index (χ1n) is 6.80. The van der Waals surface area contributed by atoms with E-state index >= 15 is 0 Å². The van der Waals surface area contributed by atoms with Gasteiger partial charge < -0.3 is 20.2 Å². The number of para-hydroxylation sites is 1. The summed E-state index contributed by atoms with van der Waals surface area (Å²) in [6.07, 6.45) is 8.05. The quantitative estimate of drug-likeness (QED) is 0.558. The van der Waals surface area contributed by atoms with E-state index < -0.39 is 11.9 Å². The molecule has 0 aromatic heterocycles. The van der Waals surface area contributed by atoms with Crippen molar-refractivity contribution in [2.75, 3.05) is 12.4 Å². The fourth-order valence-electron chi connectivity index (χ4n) is 2.01. The monoisotopic (exact) mass is 315 g/mol. The van der Waals surface area contributed by atoms with Crippen molar-refractivity contribution < 1.29 is 19.2 Å². The number of dihydropyridines is 1. The van der Waals surface area contributed by atoms with Crippen molar-refractivity contribution in [3.05, 3.63) is 65.9 Å². The zero-order valence-corrected chi connectivity index (χ0v) is 12.5. The molecule has 1 aromatic carbocycles. The van der Waals surface area contributed by atoms with Gasteiger partial charge in [0.1, 0.15) is 0 Å². The van der Waals surface area contributed by atoms with Gasteiger partial charge in [0.25, 0.3) is 0 Å². The molecular weight excluding hydrogens is 298 g/mol. The smallest absolute Gasteiger partial charge is 0.358 e. The predicted molar refractivity (Wildman–Crippen MR) is 85.0 cm³/mol. The van der Waals surface area contributed by atoms with Gasteiger partial charge in [-0.05, 0) is 30.5 Å². The SMILES string of the molecule is COC1NC=CC=C1/C=C/C(=O)Nc1ccccc1C(=O)ON. The number of anilines is 1. The second-order valence-electron chi connectivity index (χ2n) is 4.58. The number of carbonyl (C=O) groups excluding carboxylic acids is 2. The molecule has 23 heavy (non-hydrogen) atoms. The van der Waals surface area contributed by atoms with Crippen LogP contribution < -0.4 is 16.5 Å². The number of amides is 1. The lowest BCUT2D eigenvalue weighted by Gasteiger charge is -2.19. The van der Waals surface area contributed by atoms with E-state index in [1.165, 1.54) is 12.1 Å². The molecule has 0 saturated heterocycles. The highest BCUT2D eigenvalue weighted by Crippen LogP contribution is 2.16. The van der Waals surface area contributed by atoms with E-state index in [-0.39, 0.29) is 11.8 Å². The van der Waals surface area contributed by atoms with E-state index in [0.717, 1.165) is 5.57 Å². The van der Waals surface area contributed by atoms with Crippen molar-refractivity contribution in [1.82, 2.24) is 5.32 Å². The average molecular weight is 315 g/mol. The van der Waals surface area contributed by atoms with Crippen LogP contribution in [0.4, 0.5) is 5.69 Å². The number of nitrogens with one attached hydrogen (secondary N) is 2. The van der Waals surface area contributed by atoms with Crippen LogP contribution in [-0.4, -0.2) is 25.2 Å². The second kappa shape index (κ2) is 7.92. The summed E-state index contributed by atoms with van der Waals surface area (Å²) in [6, 6.07) is 6.42. The Morgan fingerprint density at radius 2 is 2.13 bits per heavy atom. The summed E-state index contributed by atoms with van der Waals surface area (Å²) in [5.41, 5.74) is 1.28. The Morgan fingerprint density at radius 1 is 1.35 bits per heavy atom. The molecule has 7 heteroatoms. The first kappa shape index (κ1) is 16.5. The van der Waals surface area contributed by atoms with Crippen molar-refractivity contribution >= 4 is 17.6 Å². The van der Waals surface area contributed by atoms with E-state index in [1.54, 1.807) is 43.7 Å². The van der Waals surface area contributed by atoms with Gasteiger partial charge in [0.15, 0.2) is 6.23 Å². The van der Waals surface area contributed by atoms with Gasteiger partial charge in [-0.2, -0.15) is 5.90 Å². The van der Waals surface area contributed by atoms with Crippen LogP contribution in [0.15, 0.2) is 60.3 Å². The van der Waals surface area contributed by atoms with Crippen LogP contribution in [0.2, 0.25) is 0 Å². The van der Waals surface area contributed by atoms with Crippen LogP contribution in [0.25, 0.3) is 0 Å². The van der Waals surface area contributed by atoms with E-state index in [4.69, 9.17) is 10.6 Å². The lowest BCUT2D eigenvalue weighted by atomic mass is 10.1. The van der Waals surface area contributed by atoms with Crippen molar-refractivity contribution in [3.8, 4) is 0 Å². The molecule has 0 spiro atoms. The number of allylic oxidation sites excluding steroid dienone is 2. The normalized spacial score (nSPS) is 16.6. The van der Waals surface area contributed by atoms with E-state index in [9.17, 15) is 9.59 Å². The standard InChI is InChI=1S/C16H17N3O4/c1-22-15-11(5-4-10-18-15)8-9-14(20)19-13-7-3-2-6-12(13)16(21)23-17/h2-10,15,18H,17H2,1H3,(H,19,20)/b9-8+. The zero-order valence-electron chi connectivity index (χ0n) is 12.5. The largest absolute Gasteiger partial charge is 0.370 e. The van der Waals surface area contributed by atoms with Gasteiger partial charge in [0.2, 0.25) is 5.91 Å². The zero-order chi connectivity index (χ0) is 16.7. The van der Waals surface area contributed by atoms with Gasteiger partial charge in [-0.1, -0.05) is 18.2 Å². The van der Waals surface area contributed by atoms with E-state index in [2.05, 4.69) is 15.5 Å². The molecule has 1 aliphatic heterocycles. The van der Waals surface area contributed by atoms with Crippen LogP contribution in [-0.2, 0) is 14.4 Å². The number of nitrogens with two attached hydrogens (primary N) is 1. The molecule has 1 aliphatic rings. The maximum absolute atomic E-state index is 12.0. The molecule has 7 nitrogen and oxygen atoms in total. The first-order chi connectivity index (χ1) is 11.2. The van der Waals surface area contributed by atoms with Crippen LogP contribution in [0.1, 0.15) is 10.4 Å². The molecule has 1 aromatic rings. The van der Waals surface area contributed by atoms with Crippen LogP contribution >= 0.6 is 0 Å². The Kier molecular flexibility index (Phi) is 5.67. The summed E-state index contributed by atoms with van der Waals surface area (Å²) in [7, 11) is 1.56.